The molecule has 1 heterocycles. The Morgan fingerprint density at radius 3 is 2.78 bits per heavy atom. The fourth-order valence-electron chi connectivity index (χ4n) is 3.09. The van der Waals surface area contributed by atoms with Gasteiger partial charge in [0.25, 0.3) is 0 Å². The fourth-order valence-corrected chi connectivity index (χ4v) is 3.85. The van der Waals surface area contributed by atoms with E-state index in [1.807, 2.05) is 11.3 Å². The second-order valence-electron chi connectivity index (χ2n) is 5.76. The average Bonchev–Trinajstić information content (AvgIpc) is 2.89. The number of nitrogens with one attached hydrogen (secondary N) is 1. The highest BCUT2D eigenvalue weighted by molar-refractivity contribution is 7.09. The molecule has 1 aromatic heterocycles. The Morgan fingerprint density at radius 1 is 1.39 bits per heavy atom. The Balaban J connectivity index is 1.71. The Bertz CT molecular complexity index is 315. The summed E-state index contributed by atoms with van der Waals surface area (Å²) in [6.45, 7) is 2.37. The van der Waals surface area contributed by atoms with Crippen LogP contribution >= 0.6 is 11.3 Å². The lowest BCUT2D eigenvalue weighted by atomic mass is 9.78. The van der Waals surface area contributed by atoms with Gasteiger partial charge in [-0.25, -0.2) is 0 Å². The number of nitrogens with two attached hydrogens (primary N) is 1. The third kappa shape index (κ3) is 4.08. The molecule has 1 unspecified atom stereocenters. The van der Waals surface area contributed by atoms with Gasteiger partial charge in [-0.1, -0.05) is 25.8 Å². The molecule has 3 N–H and O–H groups in total. The molecule has 1 aromatic rings. The van der Waals surface area contributed by atoms with Gasteiger partial charge in [0.2, 0.25) is 0 Å². The quantitative estimate of drug-likeness (QED) is 0.608. The predicted octanol–water partition coefficient (Wildman–Crippen LogP) is 3.73. The first-order valence-corrected chi connectivity index (χ1v) is 8.16. The van der Waals surface area contributed by atoms with Gasteiger partial charge in [0.05, 0.1) is 0 Å². The lowest BCUT2D eigenvalue weighted by molar-refractivity contribution is 0.221. The van der Waals surface area contributed by atoms with Crippen LogP contribution in [0.25, 0.3) is 0 Å². The summed E-state index contributed by atoms with van der Waals surface area (Å²) in [4.78, 5) is 1.50. The molecule has 1 aliphatic rings. The summed E-state index contributed by atoms with van der Waals surface area (Å²) in [6.07, 6.45) is 9.15. The summed E-state index contributed by atoms with van der Waals surface area (Å²) in [5, 5.41) is 2.16. The topological polar surface area (TPSA) is 38.0 Å². The normalized spacial score (nSPS) is 26.1. The first-order chi connectivity index (χ1) is 8.79. The van der Waals surface area contributed by atoms with Crippen molar-refractivity contribution in [1.29, 1.82) is 0 Å². The Hall–Kier alpha value is -0.380. The molecule has 0 spiro atoms. The second-order valence-corrected chi connectivity index (χ2v) is 6.80. The Labute approximate surface area is 115 Å². The minimum absolute atomic E-state index is 0.525. The number of hydrazine groups is 1. The van der Waals surface area contributed by atoms with E-state index in [1.165, 1.54) is 49.8 Å². The van der Waals surface area contributed by atoms with E-state index in [1.54, 1.807) is 0 Å². The SMILES string of the molecule is CC1CCC(C(CCCc2cccs2)NN)CC1. The molecule has 2 nitrogen and oxygen atoms in total. The van der Waals surface area contributed by atoms with E-state index in [0.29, 0.717) is 6.04 Å². The maximum atomic E-state index is 5.75. The molecule has 1 atom stereocenters. The molecule has 0 aliphatic heterocycles. The van der Waals surface area contributed by atoms with E-state index in [0.717, 1.165) is 11.8 Å². The molecule has 0 aromatic carbocycles. The molecule has 1 aliphatic carbocycles. The summed E-state index contributed by atoms with van der Waals surface area (Å²) < 4.78 is 0. The van der Waals surface area contributed by atoms with E-state index >= 15 is 0 Å². The number of aryl methyl sites for hydroxylation is 1. The van der Waals surface area contributed by atoms with E-state index < -0.39 is 0 Å². The van der Waals surface area contributed by atoms with Gasteiger partial charge in [0, 0.05) is 10.9 Å². The van der Waals surface area contributed by atoms with Gasteiger partial charge in [-0.3, -0.25) is 11.3 Å². The molecule has 1 fully saturated rings. The van der Waals surface area contributed by atoms with Crippen molar-refractivity contribution in [3.8, 4) is 0 Å². The molecule has 2 rings (SSSR count). The third-order valence-corrected chi connectivity index (χ3v) is 5.30. The van der Waals surface area contributed by atoms with Crippen molar-refractivity contribution in [1.82, 2.24) is 5.43 Å². The van der Waals surface area contributed by atoms with Gasteiger partial charge in [-0.15, -0.1) is 11.3 Å². The highest BCUT2D eigenvalue weighted by atomic mass is 32.1. The van der Waals surface area contributed by atoms with Crippen molar-refractivity contribution in [2.24, 2.45) is 17.7 Å². The van der Waals surface area contributed by atoms with E-state index in [9.17, 15) is 0 Å². The highest BCUT2D eigenvalue weighted by Gasteiger charge is 2.24. The summed E-state index contributed by atoms with van der Waals surface area (Å²) in [5.74, 6) is 7.47. The molecular formula is C15H26N2S. The maximum absolute atomic E-state index is 5.75. The first kappa shape index (κ1) is 14.0. The van der Waals surface area contributed by atoms with E-state index in [-0.39, 0.29) is 0 Å². The monoisotopic (exact) mass is 266 g/mol. The van der Waals surface area contributed by atoms with E-state index in [4.69, 9.17) is 5.84 Å². The summed E-state index contributed by atoms with van der Waals surface area (Å²) >= 11 is 1.87. The van der Waals surface area contributed by atoms with Crippen molar-refractivity contribution in [3.63, 3.8) is 0 Å². The zero-order chi connectivity index (χ0) is 12.8. The lowest BCUT2D eigenvalue weighted by Gasteiger charge is -2.32. The summed E-state index contributed by atoms with van der Waals surface area (Å²) in [7, 11) is 0. The largest absolute Gasteiger partial charge is 0.271 e. The molecule has 18 heavy (non-hydrogen) atoms. The van der Waals surface area contributed by atoms with Crippen LogP contribution < -0.4 is 11.3 Å². The third-order valence-electron chi connectivity index (χ3n) is 4.36. The summed E-state index contributed by atoms with van der Waals surface area (Å²) in [6, 6.07) is 4.90. The molecule has 0 radical (unpaired) electrons. The first-order valence-electron chi connectivity index (χ1n) is 7.28. The van der Waals surface area contributed by atoms with Crippen LogP contribution in [-0.4, -0.2) is 6.04 Å². The smallest absolute Gasteiger partial charge is 0.0238 e. The van der Waals surface area contributed by atoms with Crippen molar-refractivity contribution >= 4 is 11.3 Å². The fraction of sp³-hybridized carbons (Fsp3) is 0.733. The van der Waals surface area contributed by atoms with Crippen LogP contribution in [-0.2, 0) is 6.42 Å². The molecule has 102 valence electrons. The predicted molar refractivity (Wildman–Crippen MR) is 79.5 cm³/mol. The van der Waals surface area contributed by atoms with Crippen LogP contribution in [0.1, 0.15) is 50.3 Å². The molecule has 0 bridgehead atoms. The number of hydrogen-bond acceptors (Lipinski definition) is 3. The Morgan fingerprint density at radius 2 is 2.17 bits per heavy atom. The minimum Gasteiger partial charge on any atom is -0.271 e. The standard InChI is InChI=1S/C15H26N2S/c1-12-7-9-13(10-8-12)15(17-16)6-2-4-14-5-3-11-18-14/h3,5,11-13,15,17H,2,4,6-10,16H2,1H3. The van der Waals surface area contributed by atoms with Crippen molar-refractivity contribution in [2.75, 3.05) is 0 Å². The van der Waals surface area contributed by atoms with Gasteiger partial charge in [0.15, 0.2) is 0 Å². The van der Waals surface area contributed by atoms with Gasteiger partial charge < -0.3 is 0 Å². The average molecular weight is 266 g/mol. The van der Waals surface area contributed by atoms with E-state index in [2.05, 4.69) is 29.9 Å². The number of rotatable bonds is 6. The van der Waals surface area contributed by atoms with Gasteiger partial charge in [-0.2, -0.15) is 0 Å². The van der Waals surface area contributed by atoms with Crippen LogP contribution in [0.2, 0.25) is 0 Å². The number of hydrogen-bond donors (Lipinski definition) is 2. The minimum atomic E-state index is 0.525. The molecule has 1 saturated carbocycles. The van der Waals surface area contributed by atoms with Crippen molar-refractivity contribution in [2.45, 2.75) is 57.9 Å². The van der Waals surface area contributed by atoms with Gasteiger partial charge in [-0.05, 0) is 55.4 Å². The zero-order valence-electron chi connectivity index (χ0n) is 11.4. The molecule has 0 saturated heterocycles. The maximum Gasteiger partial charge on any atom is 0.0238 e. The van der Waals surface area contributed by atoms with Crippen molar-refractivity contribution in [3.05, 3.63) is 22.4 Å². The van der Waals surface area contributed by atoms with Gasteiger partial charge >= 0.3 is 0 Å². The van der Waals surface area contributed by atoms with Crippen LogP contribution in [0, 0.1) is 11.8 Å². The van der Waals surface area contributed by atoms with Crippen LogP contribution in [0.15, 0.2) is 17.5 Å². The van der Waals surface area contributed by atoms with Gasteiger partial charge in [0.1, 0.15) is 0 Å². The Kier molecular flexibility index (Phi) is 5.67. The molecule has 0 amide bonds. The number of thiophene rings is 1. The van der Waals surface area contributed by atoms with Crippen LogP contribution in [0.5, 0.6) is 0 Å². The summed E-state index contributed by atoms with van der Waals surface area (Å²) in [5.41, 5.74) is 3.07. The molecule has 3 heteroatoms. The highest BCUT2D eigenvalue weighted by Crippen LogP contribution is 2.31. The molecular weight excluding hydrogens is 240 g/mol. The van der Waals surface area contributed by atoms with Crippen LogP contribution in [0.4, 0.5) is 0 Å². The van der Waals surface area contributed by atoms with Crippen molar-refractivity contribution < 1.29 is 0 Å². The lowest BCUT2D eigenvalue weighted by Crippen LogP contribution is -2.42. The van der Waals surface area contributed by atoms with Crippen LogP contribution in [0.3, 0.4) is 0 Å². The zero-order valence-corrected chi connectivity index (χ0v) is 12.2. The second kappa shape index (κ2) is 7.27.